The Kier molecular flexibility index (Phi) is 12.2. The third kappa shape index (κ3) is 9.16. The van der Waals surface area contributed by atoms with Crippen LogP contribution in [0, 0.1) is 11.3 Å². The van der Waals surface area contributed by atoms with Crippen molar-refractivity contribution in [3.63, 3.8) is 0 Å². The molecule has 4 aliphatic rings. The van der Waals surface area contributed by atoms with Crippen molar-refractivity contribution in [1.82, 2.24) is 25.2 Å². The van der Waals surface area contributed by atoms with Crippen molar-refractivity contribution in [2.24, 2.45) is 11.3 Å². The molecule has 4 fully saturated rings. The number of ether oxygens (including phenoxy) is 4. The Balaban J connectivity index is 1.09. The maximum absolute atomic E-state index is 14.9. The summed E-state index contributed by atoms with van der Waals surface area (Å²) in [5, 5.41) is 6.31. The molecule has 3 N–H and O–H groups in total. The van der Waals surface area contributed by atoms with Crippen LogP contribution in [0.3, 0.4) is 0 Å². The van der Waals surface area contributed by atoms with Crippen LogP contribution in [0.4, 0.5) is 4.79 Å². The van der Waals surface area contributed by atoms with Gasteiger partial charge in [0.25, 0.3) is 5.91 Å². The number of nitrogens with one attached hydrogen (secondary N) is 3. The van der Waals surface area contributed by atoms with Crippen molar-refractivity contribution < 1.29 is 46.5 Å². The molecule has 338 valence electrons. The maximum atomic E-state index is 14.9. The normalized spacial score (nSPS) is 24.0. The van der Waals surface area contributed by atoms with Crippen LogP contribution in [0.15, 0.2) is 97.6 Å². The zero-order valence-electron chi connectivity index (χ0n) is 36.5. The van der Waals surface area contributed by atoms with E-state index < -0.39 is 79.7 Å². The Morgan fingerprint density at radius 1 is 1.00 bits per heavy atom. The highest BCUT2D eigenvalue weighted by Gasteiger charge is 2.63. The number of alkyl carbamates (subject to hydrolysis) is 1. The van der Waals surface area contributed by atoms with E-state index in [4.69, 9.17) is 23.9 Å². The van der Waals surface area contributed by atoms with Crippen molar-refractivity contribution in [3.05, 3.63) is 103 Å². The van der Waals surface area contributed by atoms with E-state index >= 15 is 0 Å². The fourth-order valence-corrected chi connectivity index (χ4v) is 10.4. The zero-order valence-corrected chi connectivity index (χ0v) is 37.3. The lowest BCUT2D eigenvalue weighted by Gasteiger charge is -2.35. The number of nitrogens with zero attached hydrogens (tertiary/aromatic N) is 2. The molecule has 3 aromatic carbocycles. The van der Waals surface area contributed by atoms with Crippen molar-refractivity contribution in [1.29, 1.82) is 0 Å². The lowest BCUT2D eigenvalue weighted by atomic mass is 9.85. The summed E-state index contributed by atoms with van der Waals surface area (Å²) in [5.41, 5.74) is 0.408. The summed E-state index contributed by atoms with van der Waals surface area (Å²) in [6.07, 6.45) is 1.11. The minimum Gasteiger partial charge on any atom is -0.497 e. The first-order valence-electron chi connectivity index (χ1n) is 21.7. The number of fused-ring (bicyclic) bond motifs is 1. The number of methoxy groups -OCH3 is 1. The van der Waals surface area contributed by atoms with E-state index in [0.717, 1.165) is 11.1 Å². The number of benzene rings is 3. The summed E-state index contributed by atoms with van der Waals surface area (Å²) in [6, 6.07) is 23.7. The van der Waals surface area contributed by atoms with Gasteiger partial charge in [0.2, 0.25) is 21.8 Å². The highest BCUT2D eigenvalue weighted by molar-refractivity contribution is 7.91. The largest absolute Gasteiger partial charge is 0.497 e. The van der Waals surface area contributed by atoms with Gasteiger partial charge in [0.1, 0.15) is 41.3 Å². The summed E-state index contributed by atoms with van der Waals surface area (Å²) in [6.45, 7) is 9.86. The van der Waals surface area contributed by atoms with Crippen LogP contribution in [-0.4, -0.2) is 104 Å². The Morgan fingerprint density at radius 2 is 1.72 bits per heavy atom. The lowest BCUT2D eigenvalue weighted by molar-refractivity contribution is -0.143. The van der Waals surface area contributed by atoms with Crippen LogP contribution >= 0.6 is 0 Å². The van der Waals surface area contributed by atoms with Crippen LogP contribution in [0.25, 0.3) is 22.2 Å². The number of likely N-dealkylation sites (tertiary alicyclic amines) is 1. The number of carbonyl (C=O) groups is 4. The molecule has 0 bridgehead atoms. The second-order valence-electron chi connectivity index (χ2n) is 18.4. The number of aromatic nitrogens is 1. The molecule has 64 heavy (non-hydrogen) atoms. The SMILES string of the molecule is C=CC1CC1(NC(=O)C1CC(Oc2cc(-c3ccccc3)nc3cc(OC)ccc23)CN1C(=O)C(NC(=O)OC1CCOC1)C(C)(C)C)C(=O)NS(=O)(=O)C1(Cc2ccccc2)CC1. The molecule has 0 radical (unpaired) electrons. The number of rotatable bonds is 15. The average Bonchev–Trinajstić information content (AvgIpc) is 4.09. The molecule has 0 spiro atoms. The summed E-state index contributed by atoms with van der Waals surface area (Å²) < 4.78 is 52.2. The molecule has 15 nitrogen and oxygen atoms in total. The molecule has 6 unspecified atom stereocenters. The van der Waals surface area contributed by atoms with E-state index in [1.165, 1.54) is 11.0 Å². The van der Waals surface area contributed by atoms with Crippen LogP contribution < -0.4 is 24.8 Å². The zero-order chi connectivity index (χ0) is 45.4. The van der Waals surface area contributed by atoms with E-state index in [2.05, 4.69) is 21.9 Å². The fourth-order valence-electron chi connectivity index (χ4n) is 8.74. The number of carbonyl (C=O) groups excluding carboxylic acids is 4. The third-order valence-corrected chi connectivity index (χ3v) is 14.9. The Bertz CT molecular complexity index is 2540. The number of pyridine rings is 1. The van der Waals surface area contributed by atoms with Crippen molar-refractivity contribution in [2.45, 2.75) is 93.9 Å². The van der Waals surface area contributed by atoms with Crippen molar-refractivity contribution in [2.75, 3.05) is 26.9 Å². The van der Waals surface area contributed by atoms with Gasteiger partial charge in [0.05, 0.1) is 42.8 Å². The molecule has 8 rings (SSSR count). The van der Waals surface area contributed by atoms with E-state index in [-0.39, 0.29) is 32.4 Å². The van der Waals surface area contributed by atoms with Crippen LogP contribution in [0.5, 0.6) is 11.5 Å². The topological polar surface area (TPSA) is 192 Å². The minimum absolute atomic E-state index is 0.00607. The molecule has 2 saturated heterocycles. The van der Waals surface area contributed by atoms with Gasteiger partial charge in [0, 0.05) is 41.8 Å². The van der Waals surface area contributed by atoms with Gasteiger partial charge in [-0.1, -0.05) is 87.5 Å². The first-order valence-corrected chi connectivity index (χ1v) is 23.1. The number of hydrogen-bond donors (Lipinski definition) is 3. The van der Waals surface area contributed by atoms with E-state index in [1.54, 1.807) is 40.0 Å². The summed E-state index contributed by atoms with van der Waals surface area (Å²) in [4.78, 5) is 63.4. The maximum Gasteiger partial charge on any atom is 0.408 e. The molecule has 6 atom stereocenters. The standard InChI is InChI=1S/C48H55N5O10S/c1-6-32-27-48(32,44(56)52-64(58,59)47(20-21-47)26-30-13-9-7-10-14-30)51-42(54)39-24-35(28-53(39)43(55)41(46(2,3)4)50-45(57)63-34-19-22-61-29-34)62-40-25-37(31-15-11-8-12-16-31)49-38-23-33(60-5)17-18-36(38)40/h6-18,23,25,32,34-35,39,41H,1,19-22,24,26-29H2,2-5H3,(H,50,57)(H,51,54)(H,52,56). The molecule has 4 aromatic rings. The fraction of sp³-hybridized carbons (Fsp3) is 0.438. The number of sulfonamides is 1. The predicted octanol–water partition coefficient (Wildman–Crippen LogP) is 5.47. The first-order chi connectivity index (χ1) is 30.5. The quantitative estimate of drug-likeness (QED) is 0.128. The molecular weight excluding hydrogens is 839 g/mol. The average molecular weight is 894 g/mol. The van der Waals surface area contributed by atoms with Gasteiger partial charge in [0.15, 0.2) is 0 Å². The molecule has 1 aromatic heterocycles. The minimum atomic E-state index is -4.18. The Morgan fingerprint density at radius 3 is 2.34 bits per heavy atom. The van der Waals surface area contributed by atoms with Crippen LogP contribution in [0.1, 0.15) is 58.4 Å². The molecule has 2 saturated carbocycles. The molecular formula is C48H55N5O10S. The van der Waals surface area contributed by atoms with Gasteiger partial charge >= 0.3 is 6.09 Å². The Hall–Kier alpha value is -6.00. The van der Waals surface area contributed by atoms with Gasteiger partial charge in [-0.3, -0.25) is 19.1 Å². The summed E-state index contributed by atoms with van der Waals surface area (Å²) in [5.74, 6) is -1.65. The summed E-state index contributed by atoms with van der Waals surface area (Å²) >= 11 is 0. The second kappa shape index (κ2) is 17.5. The van der Waals surface area contributed by atoms with Crippen LogP contribution in [0.2, 0.25) is 0 Å². The van der Waals surface area contributed by atoms with Gasteiger partial charge in [-0.2, -0.15) is 0 Å². The van der Waals surface area contributed by atoms with Gasteiger partial charge in [-0.05, 0) is 48.8 Å². The number of hydrogen-bond acceptors (Lipinski definition) is 11. The third-order valence-electron chi connectivity index (χ3n) is 12.8. The van der Waals surface area contributed by atoms with E-state index in [1.807, 2.05) is 72.8 Å². The smallest absolute Gasteiger partial charge is 0.408 e. The van der Waals surface area contributed by atoms with E-state index in [9.17, 15) is 27.6 Å². The highest BCUT2D eigenvalue weighted by Crippen LogP contribution is 2.49. The lowest BCUT2D eigenvalue weighted by Crippen LogP contribution is -2.60. The molecule has 2 aliphatic carbocycles. The predicted molar refractivity (Wildman–Crippen MR) is 239 cm³/mol. The van der Waals surface area contributed by atoms with Gasteiger partial charge in [-0.25, -0.2) is 18.2 Å². The molecule has 2 aliphatic heterocycles. The van der Waals surface area contributed by atoms with Crippen molar-refractivity contribution in [3.8, 4) is 22.8 Å². The van der Waals surface area contributed by atoms with Crippen LogP contribution in [-0.2, 0) is 40.3 Å². The van der Waals surface area contributed by atoms with E-state index in [0.29, 0.717) is 54.0 Å². The van der Waals surface area contributed by atoms with Gasteiger partial charge < -0.3 is 34.5 Å². The van der Waals surface area contributed by atoms with Crippen molar-refractivity contribution >= 4 is 44.7 Å². The van der Waals surface area contributed by atoms with Gasteiger partial charge in [-0.15, -0.1) is 6.58 Å². The molecule has 3 heterocycles. The molecule has 16 heteroatoms. The highest BCUT2D eigenvalue weighted by atomic mass is 32.2. The second-order valence-corrected chi connectivity index (χ2v) is 20.4. The Labute approximate surface area is 373 Å². The monoisotopic (exact) mass is 893 g/mol. The number of amides is 4. The molecule has 4 amide bonds. The first kappa shape index (κ1) is 44.6. The summed E-state index contributed by atoms with van der Waals surface area (Å²) in [7, 11) is -2.61.